The predicted molar refractivity (Wildman–Crippen MR) is 113 cm³/mol. The van der Waals surface area contributed by atoms with Crippen LogP contribution in [0.4, 0.5) is 0 Å². The lowest BCUT2D eigenvalue weighted by molar-refractivity contribution is -0.0321. The fourth-order valence-electron chi connectivity index (χ4n) is 4.81. The minimum atomic E-state index is 0.460. The Morgan fingerprint density at radius 3 is 2.23 bits per heavy atom. The lowest BCUT2D eigenvalue weighted by atomic mass is 9.84. The number of hydrogen-bond donors (Lipinski definition) is 0. The molecule has 2 fully saturated rings. The fraction of sp³-hybridized carbons (Fsp3) is 1.00. The van der Waals surface area contributed by atoms with E-state index in [9.17, 15) is 0 Å². The monoisotopic (exact) mass is 366 g/mol. The van der Waals surface area contributed by atoms with Gasteiger partial charge in [-0.3, -0.25) is 4.90 Å². The fourth-order valence-corrected chi connectivity index (χ4v) is 4.81. The zero-order valence-corrected chi connectivity index (χ0v) is 18.2. The van der Waals surface area contributed by atoms with Crippen LogP contribution in [0.2, 0.25) is 0 Å². The van der Waals surface area contributed by atoms with Crippen LogP contribution in [0.15, 0.2) is 0 Å². The van der Waals surface area contributed by atoms with Crippen LogP contribution in [0.25, 0.3) is 0 Å². The van der Waals surface area contributed by atoms with Gasteiger partial charge in [0.15, 0.2) is 0 Å². The summed E-state index contributed by atoms with van der Waals surface area (Å²) in [5.74, 6) is 0.971. The van der Waals surface area contributed by atoms with Crippen molar-refractivity contribution in [3.63, 3.8) is 0 Å². The van der Waals surface area contributed by atoms with Crippen molar-refractivity contribution in [3.05, 3.63) is 0 Å². The molecule has 2 aliphatic rings. The van der Waals surface area contributed by atoms with Crippen molar-refractivity contribution in [2.75, 3.05) is 32.7 Å². The summed E-state index contributed by atoms with van der Waals surface area (Å²) in [6.45, 7) is 15.6. The van der Waals surface area contributed by atoms with Gasteiger partial charge in [-0.05, 0) is 71.3 Å². The van der Waals surface area contributed by atoms with Gasteiger partial charge in [0.05, 0.1) is 12.2 Å². The molecular weight excluding hydrogens is 320 g/mol. The highest BCUT2D eigenvalue weighted by Crippen LogP contribution is 2.30. The summed E-state index contributed by atoms with van der Waals surface area (Å²) in [6, 6.07) is 0.765. The molecule has 2 rings (SSSR count). The summed E-state index contributed by atoms with van der Waals surface area (Å²) in [5.41, 5.74) is 0. The summed E-state index contributed by atoms with van der Waals surface area (Å²) < 4.78 is 6.21. The molecule has 0 aromatic rings. The average Bonchev–Trinajstić information content (AvgIpc) is 2.66. The Kier molecular flexibility index (Phi) is 10.5. The van der Waals surface area contributed by atoms with E-state index in [1.165, 1.54) is 96.9 Å². The third-order valence-corrected chi connectivity index (χ3v) is 6.87. The molecule has 0 bridgehead atoms. The molecule has 0 aromatic carbocycles. The summed E-state index contributed by atoms with van der Waals surface area (Å²) in [4.78, 5) is 5.36. The minimum absolute atomic E-state index is 0.460. The molecule has 1 aliphatic carbocycles. The Morgan fingerprint density at radius 2 is 1.62 bits per heavy atom. The van der Waals surface area contributed by atoms with Crippen molar-refractivity contribution >= 4 is 0 Å². The SMILES string of the molecule is CCCC(C)OC1CCC(CCCCN2CCN(C(C)CC)CC2)CC1. The normalized spacial score (nSPS) is 28.2. The van der Waals surface area contributed by atoms with Crippen LogP contribution in [0.3, 0.4) is 0 Å². The van der Waals surface area contributed by atoms with Gasteiger partial charge in [0.2, 0.25) is 0 Å². The lowest BCUT2D eigenvalue weighted by Crippen LogP contribution is -2.49. The third kappa shape index (κ3) is 7.86. The maximum atomic E-state index is 6.21. The van der Waals surface area contributed by atoms with Crippen LogP contribution >= 0.6 is 0 Å². The molecule has 1 heterocycles. The van der Waals surface area contributed by atoms with E-state index >= 15 is 0 Å². The van der Waals surface area contributed by atoms with E-state index in [1.54, 1.807) is 0 Å². The quantitative estimate of drug-likeness (QED) is 0.459. The first kappa shape index (κ1) is 22.2. The van der Waals surface area contributed by atoms with E-state index < -0.39 is 0 Å². The van der Waals surface area contributed by atoms with Crippen molar-refractivity contribution in [1.82, 2.24) is 9.80 Å². The Hall–Kier alpha value is -0.120. The molecule has 0 amide bonds. The van der Waals surface area contributed by atoms with E-state index in [2.05, 4.69) is 37.5 Å². The molecule has 0 spiro atoms. The number of ether oxygens (including phenoxy) is 1. The standard InChI is InChI=1S/C23H46N2O/c1-5-9-21(4)26-23-13-11-22(12-14-23)10-7-8-15-24-16-18-25(19-17-24)20(3)6-2/h20-23H,5-19H2,1-4H3. The number of rotatable bonds is 11. The number of nitrogens with zero attached hydrogens (tertiary/aromatic N) is 2. The highest BCUT2D eigenvalue weighted by Gasteiger charge is 2.23. The number of hydrogen-bond acceptors (Lipinski definition) is 3. The van der Waals surface area contributed by atoms with Crippen LogP contribution in [0.5, 0.6) is 0 Å². The summed E-state index contributed by atoms with van der Waals surface area (Å²) in [6.07, 6.45) is 14.4. The van der Waals surface area contributed by atoms with Crippen molar-refractivity contribution in [2.45, 2.75) is 110 Å². The minimum Gasteiger partial charge on any atom is -0.375 e. The van der Waals surface area contributed by atoms with Gasteiger partial charge in [-0.15, -0.1) is 0 Å². The molecular formula is C23H46N2O. The van der Waals surface area contributed by atoms with Gasteiger partial charge >= 0.3 is 0 Å². The topological polar surface area (TPSA) is 15.7 Å². The first-order valence-corrected chi connectivity index (χ1v) is 11.7. The Bertz CT molecular complexity index is 346. The van der Waals surface area contributed by atoms with Crippen molar-refractivity contribution in [2.24, 2.45) is 5.92 Å². The maximum Gasteiger partial charge on any atom is 0.0579 e. The van der Waals surface area contributed by atoms with Gasteiger partial charge < -0.3 is 9.64 Å². The molecule has 2 atom stereocenters. The van der Waals surface area contributed by atoms with Crippen LogP contribution in [-0.2, 0) is 4.74 Å². The van der Waals surface area contributed by atoms with E-state index in [0.29, 0.717) is 12.2 Å². The van der Waals surface area contributed by atoms with Crippen molar-refractivity contribution in [3.8, 4) is 0 Å². The smallest absolute Gasteiger partial charge is 0.0579 e. The molecule has 26 heavy (non-hydrogen) atoms. The molecule has 1 saturated heterocycles. The van der Waals surface area contributed by atoms with E-state index in [4.69, 9.17) is 4.74 Å². The van der Waals surface area contributed by atoms with Gasteiger partial charge in [-0.25, -0.2) is 0 Å². The average molecular weight is 367 g/mol. The van der Waals surface area contributed by atoms with E-state index in [1.807, 2.05) is 0 Å². The van der Waals surface area contributed by atoms with Crippen LogP contribution in [-0.4, -0.2) is 60.8 Å². The molecule has 1 saturated carbocycles. The Labute approximate surface area is 163 Å². The molecule has 0 aromatic heterocycles. The first-order valence-electron chi connectivity index (χ1n) is 11.7. The van der Waals surface area contributed by atoms with Crippen LogP contribution in [0.1, 0.15) is 91.9 Å². The lowest BCUT2D eigenvalue weighted by Gasteiger charge is -2.38. The van der Waals surface area contributed by atoms with Gasteiger partial charge in [0, 0.05) is 32.2 Å². The van der Waals surface area contributed by atoms with Gasteiger partial charge in [-0.1, -0.05) is 33.1 Å². The highest BCUT2D eigenvalue weighted by molar-refractivity contribution is 4.77. The van der Waals surface area contributed by atoms with Gasteiger partial charge in [0.1, 0.15) is 0 Å². The van der Waals surface area contributed by atoms with Gasteiger partial charge in [-0.2, -0.15) is 0 Å². The largest absolute Gasteiger partial charge is 0.375 e. The van der Waals surface area contributed by atoms with Crippen LogP contribution in [0, 0.1) is 5.92 Å². The first-order chi connectivity index (χ1) is 12.6. The summed E-state index contributed by atoms with van der Waals surface area (Å²) in [7, 11) is 0. The Morgan fingerprint density at radius 1 is 0.923 bits per heavy atom. The number of unbranched alkanes of at least 4 members (excludes halogenated alkanes) is 1. The third-order valence-electron chi connectivity index (χ3n) is 6.87. The number of piperazine rings is 1. The Balaban J connectivity index is 1.49. The maximum absolute atomic E-state index is 6.21. The van der Waals surface area contributed by atoms with E-state index in [-0.39, 0.29) is 0 Å². The molecule has 0 N–H and O–H groups in total. The second kappa shape index (κ2) is 12.4. The molecule has 1 aliphatic heterocycles. The second-order valence-electron chi connectivity index (χ2n) is 9.01. The zero-order chi connectivity index (χ0) is 18.8. The van der Waals surface area contributed by atoms with Crippen molar-refractivity contribution < 1.29 is 4.74 Å². The summed E-state index contributed by atoms with van der Waals surface area (Å²) in [5, 5.41) is 0. The molecule has 0 radical (unpaired) electrons. The highest BCUT2D eigenvalue weighted by atomic mass is 16.5. The zero-order valence-electron chi connectivity index (χ0n) is 18.2. The summed E-state index contributed by atoms with van der Waals surface area (Å²) >= 11 is 0. The van der Waals surface area contributed by atoms with Crippen molar-refractivity contribution in [1.29, 1.82) is 0 Å². The second-order valence-corrected chi connectivity index (χ2v) is 9.01. The molecule has 2 unspecified atom stereocenters. The molecule has 3 nitrogen and oxygen atoms in total. The molecule has 154 valence electrons. The van der Waals surface area contributed by atoms with Crippen LogP contribution < -0.4 is 0 Å². The van der Waals surface area contributed by atoms with E-state index in [0.717, 1.165) is 12.0 Å². The van der Waals surface area contributed by atoms with Gasteiger partial charge in [0.25, 0.3) is 0 Å². The predicted octanol–water partition coefficient (Wildman–Crippen LogP) is 5.34. The molecule has 3 heteroatoms.